The van der Waals surface area contributed by atoms with Gasteiger partial charge in [-0.1, -0.05) is 148 Å². The quantitative estimate of drug-likeness (QED) is 0.0554. The number of fused-ring (bicyclic) bond motifs is 1. The minimum atomic E-state index is -0.779. The molecule has 0 aromatic heterocycles. The Morgan fingerprint density at radius 1 is 0.655 bits per heavy atom. The normalized spacial score (nSPS) is 11.5. The summed E-state index contributed by atoms with van der Waals surface area (Å²) in [4.78, 5) is 42.0. The highest BCUT2D eigenvalue weighted by molar-refractivity contribution is 6.12. The molecular weight excluding hydrogens is 683 g/mol. The number of carbonyl (C=O) groups excluding carboxylic acids is 3. The number of amides is 2. The second kappa shape index (κ2) is 19.2. The molecule has 0 saturated heterocycles. The number of hydrogen-bond donors (Lipinski definition) is 2. The molecule has 1 atom stereocenters. The summed E-state index contributed by atoms with van der Waals surface area (Å²) in [7, 11) is 1.78. The molecular formula is C48H49N3O4. The van der Waals surface area contributed by atoms with E-state index in [1.54, 1.807) is 30.1 Å². The third kappa shape index (κ3) is 10.5. The second-order valence-electron chi connectivity index (χ2n) is 13.9. The number of ether oxygens (including phenoxy) is 1. The van der Waals surface area contributed by atoms with Crippen molar-refractivity contribution in [3.05, 3.63) is 168 Å². The van der Waals surface area contributed by atoms with Gasteiger partial charge in [0, 0.05) is 42.5 Å². The Balaban J connectivity index is 1.18. The Kier molecular flexibility index (Phi) is 13.5. The SMILES string of the molecule is CCCCCCCNC(=O)N(C)c1cccc(-c2ccc(CC(Nc3ccccc3C(=O)c3ccccc3)C(=O)OCc3ccc4ccccc4c3)cc2)c1. The van der Waals surface area contributed by atoms with Crippen LogP contribution >= 0.6 is 0 Å². The van der Waals surface area contributed by atoms with Gasteiger partial charge in [-0.3, -0.25) is 9.69 Å². The number of anilines is 2. The van der Waals surface area contributed by atoms with E-state index in [4.69, 9.17) is 4.74 Å². The van der Waals surface area contributed by atoms with E-state index in [0.717, 1.165) is 51.6 Å². The van der Waals surface area contributed by atoms with E-state index in [2.05, 4.69) is 23.6 Å². The Labute approximate surface area is 324 Å². The molecule has 0 aliphatic carbocycles. The molecule has 0 fully saturated rings. The van der Waals surface area contributed by atoms with Crippen molar-refractivity contribution in [1.29, 1.82) is 0 Å². The highest BCUT2D eigenvalue weighted by atomic mass is 16.5. The molecule has 0 spiro atoms. The number of carbonyl (C=O) groups is 3. The standard InChI is InChI=1S/C48H49N3O4/c1-3-4-5-6-14-30-49-48(54)51(2)42-21-15-20-41(33-42)38-27-24-35(25-28-38)32-45(47(53)55-34-36-26-29-37-16-10-11-19-40(37)31-36)50-44-23-13-12-22-43(44)46(52)39-17-8-7-9-18-39/h7-13,15-29,31,33,45,50H,3-6,14,30,32,34H2,1-2H3,(H,49,54). The van der Waals surface area contributed by atoms with Gasteiger partial charge in [-0.15, -0.1) is 0 Å². The van der Waals surface area contributed by atoms with Crippen LogP contribution in [-0.4, -0.2) is 37.4 Å². The summed E-state index contributed by atoms with van der Waals surface area (Å²) in [5.74, 6) is -0.557. The van der Waals surface area contributed by atoms with Gasteiger partial charge in [-0.05, 0) is 69.8 Å². The largest absolute Gasteiger partial charge is 0.459 e. The predicted octanol–water partition coefficient (Wildman–Crippen LogP) is 10.6. The van der Waals surface area contributed by atoms with Crippen LogP contribution in [0.1, 0.15) is 66.1 Å². The maximum atomic E-state index is 13.9. The first kappa shape index (κ1) is 38.5. The van der Waals surface area contributed by atoms with Crippen molar-refractivity contribution in [3.8, 4) is 11.1 Å². The third-order valence-corrected chi connectivity index (χ3v) is 9.84. The van der Waals surface area contributed by atoms with Crippen LogP contribution < -0.4 is 15.5 Å². The summed E-state index contributed by atoms with van der Waals surface area (Å²) in [6.45, 7) is 2.98. The molecule has 2 N–H and O–H groups in total. The number of esters is 1. The fourth-order valence-corrected chi connectivity index (χ4v) is 6.64. The Hall–Kier alpha value is -6.21. The van der Waals surface area contributed by atoms with Crippen LogP contribution in [0.3, 0.4) is 0 Å². The van der Waals surface area contributed by atoms with Crippen LogP contribution in [0.5, 0.6) is 0 Å². The van der Waals surface area contributed by atoms with Crippen molar-refractivity contribution >= 4 is 39.9 Å². The topological polar surface area (TPSA) is 87.7 Å². The summed E-state index contributed by atoms with van der Waals surface area (Å²) in [5.41, 5.74) is 6.16. The molecule has 2 amide bonds. The maximum Gasteiger partial charge on any atom is 0.329 e. The third-order valence-electron chi connectivity index (χ3n) is 9.84. The summed E-state index contributed by atoms with van der Waals surface area (Å²) in [5, 5.41) is 8.61. The number of unbranched alkanes of at least 4 members (excludes halogenated alkanes) is 4. The van der Waals surface area contributed by atoms with Gasteiger partial charge in [0.25, 0.3) is 0 Å². The Morgan fingerprint density at radius 3 is 2.16 bits per heavy atom. The van der Waals surface area contributed by atoms with Crippen molar-refractivity contribution in [2.24, 2.45) is 0 Å². The summed E-state index contributed by atoms with van der Waals surface area (Å²) in [6.07, 6.45) is 6.04. The molecule has 0 saturated carbocycles. The van der Waals surface area contributed by atoms with Gasteiger partial charge in [0.05, 0.1) is 0 Å². The molecule has 0 bridgehead atoms. The van der Waals surface area contributed by atoms with Crippen LogP contribution in [0.2, 0.25) is 0 Å². The maximum absolute atomic E-state index is 13.9. The summed E-state index contributed by atoms with van der Waals surface area (Å²) < 4.78 is 5.94. The lowest BCUT2D eigenvalue weighted by Crippen LogP contribution is -2.37. The number of rotatable bonds is 17. The Morgan fingerprint density at radius 2 is 1.36 bits per heavy atom. The van der Waals surface area contributed by atoms with Crippen LogP contribution in [-0.2, 0) is 22.6 Å². The van der Waals surface area contributed by atoms with E-state index in [1.165, 1.54) is 19.3 Å². The summed E-state index contributed by atoms with van der Waals surface area (Å²) >= 11 is 0. The smallest absolute Gasteiger partial charge is 0.329 e. The van der Waals surface area contributed by atoms with Gasteiger partial charge < -0.3 is 15.4 Å². The lowest BCUT2D eigenvalue weighted by atomic mass is 9.98. The van der Waals surface area contributed by atoms with E-state index in [0.29, 0.717) is 29.8 Å². The number of nitrogens with one attached hydrogen (secondary N) is 2. The molecule has 280 valence electrons. The molecule has 6 aromatic carbocycles. The molecule has 6 aromatic rings. The lowest BCUT2D eigenvalue weighted by Gasteiger charge is -2.21. The average Bonchev–Trinajstić information content (AvgIpc) is 3.24. The first-order chi connectivity index (χ1) is 26.9. The highest BCUT2D eigenvalue weighted by Crippen LogP contribution is 2.27. The van der Waals surface area contributed by atoms with Crippen LogP contribution in [0, 0.1) is 0 Å². The van der Waals surface area contributed by atoms with E-state index >= 15 is 0 Å². The zero-order valence-corrected chi connectivity index (χ0v) is 31.7. The van der Waals surface area contributed by atoms with Gasteiger partial charge in [0.1, 0.15) is 12.6 Å². The average molecular weight is 732 g/mol. The number of hydrogen-bond acceptors (Lipinski definition) is 5. The van der Waals surface area contributed by atoms with Crippen molar-refractivity contribution in [2.45, 2.75) is 58.1 Å². The molecule has 7 nitrogen and oxygen atoms in total. The lowest BCUT2D eigenvalue weighted by molar-refractivity contribution is -0.145. The van der Waals surface area contributed by atoms with Crippen LogP contribution in [0.4, 0.5) is 16.2 Å². The van der Waals surface area contributed by atoms with E-state index < -0.39 is 12.0 Å². The molecule has 0 radical (unpaired) electrons. The molecule has 6 rings (SSSR count). The van der Waals surface area contributed by atoms with E-state index in [9.17, 15) is 14.4 Å². The number of ketones is 1. The first-order valence-corrected chi connectivity index (χ1v) is 19.2. The molecule has 7 heteroatoms. The van der Waals surface area contributed by atoms with E-state index in [1.807, 2.05) is 121 Å². The van der Waals surface area contributed by atoms with E-state index in [-0.39, 0.29) is 18.4 Å². The number of para-hydroxylation sites is 1. The minimum Gasteiger partial charge on any atom is -0.459 e. The van der Waals surface area contributed by atoms with Crippen molar-refractivity contribution < 1.29 is 19.1 Å². The van der Waals surface area contributed by atoms with Crippen LogP contribution in [0.15, 0.2) is 146 Å². The van der Waals surface area contributed by atoms with Crippen LogP contribution in [0.25, 0.3) is 21.9 Å². The number of benzene rings is 6. The molecule has 1 unspecified atom stereocenters. The molecule has 55 heavy (non-hydrogen) atoms. The Bertz CT molecular complexity index is 2200. The molecule has 0 aliphatic rings. The highest BCUT2D eigenvalue weighted by Gasteiger charge is 2.24. The van der Waals surface area contributed by atoms with Gasteiger partial charge >= 0.3 is 12.0 Å². The van der Waals surface area contributed by atoms with Crippen molar-refractivity contribution in [2.75, 3.05) is 23.8 Å². The zero-order chi connectivity index (χ0) is 38.4. The number of urea groups is 1. The van der Waals surface area contributed by atoms with Crippen molar-refractivity contribution in [1.82, 2.24) is 5.32 Å². The minimum absolute atomic E-state index is 0.118. The predicted molar refractivity (Wildman–Crippen MR) is 224 cm³/mol. The number of nitrogens with zero attached hydrogens (tertiary/aromatic N) is 1. The second-order valence-corrected chi connectivity index (χ2v) is 13.9. The van der Waals surface area contributed by atoms with Gasteiger partial charge in [0.15, 0.2) is 5.78 Å². The summed E-state index contributed by atoms with van der Waals surface area (Å²) in [6, 6.07) is 45.5. The molecule has 0 heterocycles. The van der Waals surface area contributed by atoms with Crippen molar-refractivity contribution in [3.63, 3.8) is 0 Å². The first-order valence-electron chi connectivity index (χ1n) is 19.2. The fourth-order valence-electron chi connectivity index (χ4n) is 6.64. The van der Waals surface area contributed by atoms with Gasteiger partial charge in [0.2, 0.25) is 0 Å². The zero-order valence-electron chi connectivity index (χ0n) is 31.7. The fraction of sp³-hybridized carbons (Fsp3) is 0.229. The van der Waals surface area contributed by atoms with Gasteiger partial charge in [-0.25, -0.2) is 9.59 Å². The van der Waals surface area contributed by atoms with Gasteiger partial charge in [-0.2, -0.15) is 0 Å². The molecule has 0 aliphatic heterocycles. The monoisotopic (exact) mass is 731 g/mol.